The summed E-state index contributed by atoms with van der Waals surface area (Å²) in [5, 5.41) is 2.63. The summed E-state index contributed by atoms with van der Waals surface area (Å²) in [6.45, 7) is 3.01. The molecule has 2 rings (SSSR count). The van der Waals surface area contributed by atoms with Gasteiger partial charge in [-0.15, -0.1) is 0 Å². The van der Waals surface area contributed by atoms with E-state index in [-0.39, 0.29) is 6.54 Å². The summed E-state index contributed by atoms with van der Waals surface area (Å²) in [6.07, 6.45) is 0. The first-order valence-electron chi connectivity index (χ1n) is 5.85. The fraction of sp³-hybridized carbons (Fsp3) is 0.308. The zero-order valence-electron chi connectivity index (χ0n) is 10.9. The predicted octanol–water partition coefficient (Wildman–Crippen LogP) is 1.98. The van der Waals surface area contributed by atoms with Gasteiger partial charge in [-0.2, -0.15) is 0 Å². The Morgan fingerprint density at radius 3 is 2.70 bits per heavy atom. The smallest absolute Gasteiger partial charge is 0.256 e. The molecule has 0 spiro atoms. The van der Waals surface area contributed by atoms with Gasteiger partial charge in [0.2, 0.25) is 5.91 Å². The van der Waals surface area contributed by atoms with Crippen LogP contribution in [-0.4, -0.2) is 34.7 Å². The van der Waals surface area contributed by atoms with Crippen molar-refractivity contribution < 1.29 is 14.4 Å². The van der Waals surface area contributed by atoms with E-state index in [1.807, 2.05) is 0 Å². The third-order valence-electron chi connectivity index (χ3n) is 3.19. The number of halogens is 2. The summed E-state index contributed by atoms with van der Waals surface area (Å²) in [6, 6.07) is 4.79. The van der Waals surface area contributed by atoms with Crippen LogP contribution in [0.3, 0.4) is 0 Å². The Bertz CT molecular complexity index is 616. The van der Waals surface area contributed by atoms with Crippen molar-refractivity contribution in [1.29, 1.82) is 0 Å². The van der Waals surface area contributed by atoms with Gasteiger partial charge in [0.15, 0.2) is 0 Å². The number of carbonyl (C=O) groups is 3. The molecule has 0 atom stereocenters. The molecule has 0 saturated carbocycles. The van der Waals surface area contributed by atoms with Crippen LogP contribution in [0.1, 0.15) is 24.2 Å². The molecule has 0 aliphatic carbocycles. The number of rotatable bonds is 1. The highest BCUT2D eigenvalue weighted by Gasteiger charge is 2.44. The number of hydrogen-bond donors (Lipinski definition) is 1. The Labute approximate surface area is 129 Å². The lowest BCUT2D eigenvalue weighted by molar-refractivity contribution is -0.143. The number of nitrogens with one attached hydrogen (secondary N) is 1. The Hall–Kier alpha value is -1.40. The Balaban J connectivity index is 2.43. The molecular weight excluding hydrogens is 348 g/mol. The number of piperazine rings is 1. The van der Waals surface area contributed by atoms with Crippen molar-refractivity contribution in [2.45, 2.75) is 19.4 Å². The van der Waals surface area contributed by atoms with Gasteiger partial charge in [-0.3, -0.25) is 19.7 Å². The number of nitrogens with zero attached hydrogens (tertiary/aromatic N) is 1. The van der Waals surface area contributed by atoms with E-state index in [0.717, 1.165) is 0 Å². The van der Waals surface area contributed by atoms with Crippen LogP contribution in [0.5, 0.6) is 0 Å². The van der Waals surface area contributed by atoms with Crippen molar-refractivity contribution in [1.82, 2.24) is 10.2 Å². The van der Waals surface area contributed by atoms with Crippen molar-refractivity contribution in [3.8, 4) is 0 Å². The summed E-state index contributed by atoms with van der Waals surface area (Å²) in [7, 11) is 0. The molecule has 0 bridgehead atoms. The molecule has 0 aromatic heterocycles. The molecule has 1 heterocycles. The van der Waals surface area contributed by atoms with Crippen molar-refractivity contribution in [3.05, 3.63) is 33.3 Å². The average Bonchev–Trinajstić information content (AvgIpc) is 2.36. The van der Waals surface area contributed by atoms with E-state index in [2.05, 4.69) is 21.2 Å². The molecule has 106 valence electrons. The fourth-order valence-corrected chi connectivity index (χ4v) is 2.50. The van der Waals surface area contributed by atoms with Crippen LogP contribution >= 0.6 is 27.5 Å². The summed E-state index contributed by atoms with van der Waals surface area (Å²) in [5.74, 6) is -1.42. The van der Waals surface area contributed by atoms with Gasteiger partial charge in [0.25, 0.3) is 11.8 Å². The summed E-state index contributed by atoms with van der Waals surface area (Å²) < 4.78 is 0.557. The van der Waals surface area contributed by atoms with Gasteiger partial charge in [-0.25, -0.2) is 0 Å². The zero-order chi connectivity index (χ0) is 15.1. The third-order valence-corrected chi connectivity index (χ3v) is 4.12. The van der Waals surface area contributed by atoms with Gasteiger partial charge < -0.3 is 4.90 Å². The number of benzene rings is 1. The molecule has 3 amide bonds. The van der Waals surface area contributed by atoms with Gasteiger partial charge >= 0.3 is 0 Å². The number of carbonyl (C=O) groups excluding carboxylic acids is 3. The second kappa shape index (κ2) is 5.18. The molecule has 0 radical (unpaired) electrons. The molecule has 5 nitrogen and oxygen atoms in total. The van der Waals surface area contributed by atoms with Crippen LogP contribution in [-0.2, 0) is 9.59 Å². The molecule has 1 aromatic carbocycles. The van der Waals surface area contributed by atoms with E-state index in [0.29, 0.717) is 15.1 Å². The summed E-state index contributed by atoms with van der Waals surface area (Å²) in [4.78, 5) is 37.2. The predicted molar refractivity (Wildman–Crippen MR) is 77.4 cm³/mol. The lowest BCUT2D eigenvalue weighted by Crippen LogP contribution is -2.65. The standard InChI is InChI=1S/C13H12BrClN2O3/c1-13(2)12(20)16-10(18)6-17(13)11(19)8-5-7(15)3-4-9(8)14/h3-5H,6H2,1-2H3,(H,16,18,20). The maximum Gasteiger partial charge on any atom is 0.256 e. The van der Waals surface area contributed by atoms with Gasteiger partial charge in [0, 0.05) is 9.50 Å². The van der Waals surface area contributed by atoms with Crippen LogP contribution in [0.15, 0.2) is 22.7 Å². The minimum Gasteiger partial charge on any atom is -0.315 e. The quantitative estimate of drug-likeness (QED) is 0.780. The highest BCUT2D eigenvalue weighted by atomic mass is 79.9. The van der Waals surface area contributed by atoms with Crippen LogP contribution < -0.4 is 5.32 Å². The Morgan fingerprint density at radius 1 is 1.40 bits per heavy atom. The van der Waals surface area contributed by atoms with Crippen LogP contribution in [0.2, 0.25) is 5.02 Å². The average molecular weight is 360 g/mol. The first-order valence-corrected chi connectivity index (χ1v) is 7.02. The molecule has 1 N–H and O–H groups in total. The normalized spacial score (nSPS) is 17.9. The van der Waals surface area contributed by atoms with E-state index in [9.17, 15) is 14.4 Å². The molecule has 1 fully saturated rings. The first-order chi connectivity index (χ1) is 9.23. The highest BCUT2D eigenvalue weighted by Crippen LogP contribution is 2.26. The number of imide groups is 1. The molecule has 20 heavy (non-hydrogen) atoms. The van der Waals surface area contributed by atoms with Gasteiger partial charge in [-0.1, -0.05) is 11.6 Å². The minimum absolute atomic E-state index is 0.170. The molecule has 7 heteroatoms. The monoisotopic (exact) mass is 358 g/mol. The molecule has 1 aliphatic heterocycles. The SMILES string of the molecule is CC1(C)C(=O)NC(=O)CN1C(=O)c1cc(Cl)ccc1Br. The second-order valence-corrected chi connectivity index (χ2v) is 6.24. The topological polar surface area (TPSA) is 66.5 Å². The van der Waals surface area contributed by atoms with Crippen molar-refractivity contribution in [3.63, 3.8) is 0 Å². The van der Waals surface area contributed by atoms with Crippen LogP contribution in [0.25, 0.3) is 0 Å². The lowest BCUT2D eigenvalue weighted by Gasteiger charge is -2.40. The highest BCUT2D eigenvalue weighted by molar-refractivity contribution is 9.10. The third kappa shape index (κ3) is 2.58. The zero-order valence-corrected chi connectivity index (χ0v) is 13.2. The van der Waals surface area contributed by atoms with Gasteiger partial charge in [-0.05, 0) is 48.0 Å². The first kappa shape index (κ1) is 15.0. The largest absolute Gasteiger partial charge is 0.315 e. The summed E-state index contributed by atoms with van der Waals surface area (Å²) in [5.41, 5.74) is -0.791. The molecule has 1 aliphatic rings. The number of hydrogen-bond acceptors (Lipinski definition) is 3. The van der Waals surface area contributed by atoms with E-state index >= 15 is 0 Å². The van der Waals surface area contributed by atoms with E-state index < -0.39 is 23.3 Å². The maximum atomic E-state index is 12.6. The maximum absolute atomic E-state index is 12.6. The van der Waals surface area contributed by atoms with Crippen molar-refractivity contribution in [2.75, 3.05) is 6.54 Å². The molecule has 1 aromatic rings. The second-order valence-electron chi connectivity index (χ2n) is 4.95. The number of amides is 3. The van der Waals surface area contributed by atoms with Crippen molar-refractivity contribution in [2.24, 2.45) is 0 Å². The molecule has 1 saturated heterocycles. The van der Waals surface area contributed by atoms with Crippen LogP contribution in [0, 0.1) is 0 Å². The lowest BCUT2D eigenvalue weighted by atomic mass is 9.97. The van der Waals surface area contributed by atoms with Crippen molar-refractivity contribution >= 4 is 45.3 Å². The molecule has 0 unspecified atom stereocenters. The fourth-order valence-electron chi connectivity index (χ4n) is 1.92. The van der Waals surface area contributed by atoms with E-state index in [1.165, 1.54) is 11.0 Å². The van der Waals surface area contributed by atoms with E-state index in [4.69, 9.17) is 11.6 Å². The Kier molecular flexibility index (Phi) is 3.88. The minimum atomic E-state index is -1.10. The van der Waals surface area contributed by atoms with Crippen LogP contribution in [0.4, 0.5) is 0 Å². The molecular formula is C13H12BrClN2O3. The van der Waals surface area contributed by atoms with E-state index in [1.54, 1.807) is 26.0 Å². The summed E-state index contributed by atoms with van der Waals surface area (Å²) >= 11 is 9.16. The van der Waals surface area contributed by atoms with Gasteiger partial charge in [0.1, 0.15) is 12.1 Å². The van der Waals surface area contributed by atoms with Gasteiger partial charge in [0.05, 0.1) is 5.56 Å². The Morgan fingerprint density at radius 2 is 2.05 bits per heavy atom.